The van der Waals surface area contributed by atoms with E-state index in [1.165, 1.54) is 10.8 Å². The van der Waals surface area contributed by atoms with Crippen molar-refractivity contribution < 1.29 is 0 Å². The maximum Gasteiger partial charge on any atom is 0.0438 e. The Hall–Kier alpha value is -1.35. The third-order valence-electron chi connectivity index (χ3n) is 3.65. The molecule has 0 saturated carbocycles. The normalized spacial score (nSPS) is 12.5. The molecule has 3 rings (SSSR count). The average molecular weight is 361 g/mol. The maximum atomic E-state index is 6.35. The Morgan fingerprint density at radius 1 is 0.952 bits per heavy atom. The van der Waals surface area contributed by atoms with Crippen molar-refractivity contribution in [3.05, 3.63) is 81.3 Å². The fourth-order valence-electron chi connectivity index (χ4n) is 2.48. The number of nitrogens with two attached hydrogens (primary N) is 1. The molecule has 1 unspecified atom stereocenters. The summed E-state index contributed by atoms with van der Waals surface area (Å²) in [5, 5.41) is 3.18. The van der Waals surface area contributed by atoms with Gasteiger partial charge in [0.05, 0.1) is 0 Å². The van der Waals surface area contributed by atoms with Crippen LogP contribution in [0.3, 0.4) is 0 Å². The molecule has 0 heterocycles. The van der Waals surface area contributed by atoms with Crippen molar-refractivity contribution in [2.45, 2.75) is 12.5 Å². The quantitative estimate of drug-likeness (QED) is 0.656. The molecule has 0 radical (unpaired) electrons. The molecule has 0 aliphatic carbocycles. The molecule has 0 amide bonds. The van der Waals surface area contributed by atoms with Gasteiger partial charge in [-0.05, 0) is 52.6 Å². The van der Waals surface area contributed by atoms with Crippen LogP contribution in [0.15, 0.2) is 65.1 Å². The van der Waals surface area contributed by atoms with Gasteiger partial charge in [0.25, 0.3) is 0 Å². The zero-order valence-corrected chi connectivity index (χ0v) is 13.7. The summed E-state index contributed by atoms with van der Waals surface area (Å²) in [4.78, 5) is 0. The highest BCUT2D eigenvalue weighted by atomic mass is 79.9. The lowest BCUT2D eigenvalue weighted by molar-refractivity contribution is 0.723. The summed E-state index contributed by atoms with van der Waals surface area (Å²) in [6.07, 6.45) is 0.738. The van der Waals surface area contributed by atoms with E-state index < -0.39 is 0 Å². The first-order valence-electron chi connectivity index (χ1n) is 6.82. The van der Waals surface area contributed by atoms with Crippen LogP contribution in [0.2, 0.25) is 5.02 Å². The third-order valence-corrected chi connectivity index (χ3v) is 4.51. The molecule has 0 fully saturated rings. The molecule has 0 saturated heterocycles. The Morgan fingerprint density at radius 3 is 2.48 bits per heavy atom. The summed E-state index contributed by atoms with van der Waals surface area (Å²) in [5.74, 6) is 0. The van der Waals surface area contributed by atoms with Crippen molar-refractivity contribution in [3.63, 3.8) is 0 Å². The molecular formula is C18H15BrClN. The molecule has 106 valence electrons. The first-order valence-corrected chi connectivity index (χ1v) is 7.99. The standard InChI is InChI=1S/C18H15BrClN/c19-16-8-7-12-9-15(6-5-13(12)10-16)18(21)11-14-3-1-2-4-17(14)20/h1-10,18H,11,21H2. The van der Waals surface area contributed by atoms with Gasteiger partial charge >= 0.3 is 0 Å². The number of fused-ring (bicyclic) bond motifs is 1. The summed E-state index contributed by atoms with van der Waals surface area (Å²) in [6.45, 7) is 0. The van der Waals surface area contributed by atoms with Gasteiger partial charge in [-0.3, -0.25) is 0 Å². The highest BCUT2D eigenvalue weighted by Crippen LogP contribution is 2.26. The van der Waals surface area contributed by atoms with Crippen LogP contribution in [0.1, 0.15) is 17.2 Å². The van der Waals surface area contributed by atoms with E-state index in [4.69, 9.17) is 17.3 Å². The Labute approximate surface area is 137 Å². The van der Waals surface area contributed by atoms with E-state index in [9.17, 15) is 0 Å². The average Bonchev–Trinajstić information content (AvgIpc) is 2.49. The lowest BCUT2D eigenvalue weighted by Crippen LogP contribution is -2.13. The van der Waals surface area contributed by atoms with Gasteiger partial charge in [-0.2, -0.15) is 0 Å². The van der Waals surface area contributed by atoms with E-state index in [-0.39, 0.29) is 6.04 Å². The van der Waals surface area contributed by atoms with Crippen molar-refractivity contribution in [2.75, 3.05) is 0 Å². The summed E-state index contributed by atoms with van der Waals surface area (Å²) in [6, 6.07) is 20.4. The Bertz CT molecular complexity index is 785. The van der Waals surface area contributed by atoms with Crippen LogP contribution < -0.4 is 5.73 Å². The first-order chi connectivity index (χ1) is 10.1. The van der Waals surface area contributed by atoms with Crippen molar-refractivity contribution in [2.24, 2.45) is 5.73 Å². The molecule has 3 aromatic carbocycles. The second kappa shape index (κ2) is 6.18. The molecule has 0 spiro atoms. The zero-order chi connectivity index (χ0) is 14.8. The Balaban J connectivity index is 1.89. The lowest BCUT2D eigenvalue weighted by Gasteiger charge is -2.14. The van der Waals surface area contributed by atoms with Crippen LogP contribution in [0.5, 0.6) is 0 Å². The predicted molar refractivity (Wildman–Crippen MR) is 93.7 cm³/mol. The van der Waals surface area contributed by atoms with Gasteiger partial charge in [-0.1, -0.05) is 63.9 Å². The third kappa shape index (κ3) is 3.29. The molecule has 0 aromatic heterocycles. The second-order valence-corrected chi connectivity index (χ2v) is 6.48. The summed E-state index contributed by atoms with van der Waals surface area (Å²) in [5.41, 5.74) is 8.56. The van der Waals surface area contributed by atoms with Gasteiger partial charge in [0.2, 0.25) is 0 Å². The smallest absolute Gasteiger partial charge is 0.0438 e. The van der Waals surface area contributed by atoms with Gasteiger partial charge in [-0.25, -0.2) is 0 Å². The number of halogens is 2. The van der Waals surface area contributed by atoms with Crippen molar-refractivity contribution in [1.82, 2.24) is 0 Å². The molecule has 1 nitrogen and oxygen atoms in total. The van der Waals surface area contributed by atoms with Crippen molar-refractivity contribution in [3.8, 4) is 0 Å². The molecule has 0 bridgehead atoms. The Kier molecular flexibility index (Phi) is 4.29. The van der Waals surface area contributed by atoms with Gasteiger partial charge < -0.3 is 5.73 Å². The molecule has 2 N–H and O–H groups in total. The second-order valence-electron chi connectivity index (χ2n) is 5.15. The summed E-state index contributed by atoms with van der Waals surface area (Å²) < 4.78 is 1.09. The minimum Gasteiger partial charge on any atom is -0.324 e. The fraction of sp³-hybridized carbons (Fsp3) is 0.111. The van der Waals surface area contributed by atoms with Crippen LogP contribution in [0, 0.1) is 0 Å². The summed E-state index contributed by atoms with van der Waals surface area (Å²) in [7, 11) is 0. The van der Waals surface area contributed by atoms with Crippen LogP contribution in [-0.4, -0.2) is 0 Å². The predicted octanol–water partition coefficient (Wildman–Crippen LogP) is 5.50. The van der Waals surface area contributed by atoms with E-state index in [1.54, 1.807) is 0 Å². The molecule has 3 aromatic rings. The van der Waals surface area contributed by atoms with Crippen LogP contribution >= 0.6 is 27.5 Å². The van der Waals surface area contributed by atoms with Crippen molar-refractivity contribution >= 4 is 38.3 Å². The largest absolute Gasteiger partial charge is 0.324 e. The van der Waals surface area contributed by atoms with Crippen LogP contribution in [0.4, 0.5) is 0 Å². The van der Waals surface area contributed by atoms with Gasteiger partial charge in [0, 0.05) is 15.5 Å². The minimum atomic E-state index is -0.0575. The van der Waals surface area contributed by atoms with E-state index in [2.05, 4.69) is 46.3 Å². The molecule has 3 heteroatoms. The maximum absolute atomic E-state index is 6.35. The van der Waals surface area contributed by atoms with Gasteiger partial charge in [-0.15, -0.1) is 0 Å². The van der Waals surface area contributed by atoms with Gasteiger partial charge in [0.1, 0.15) is 0 Å². The zero-order valence-electron chi connectivity index (χ0n) is 11.4. The molecule has 21 heavy (non-hydrogen) atoms. The van der Waals surface area contributed by atoms with E-state index in [0.29, 0.717) is 0 Å². The Morgan fingerprint density at radius 2 is 1.67 bits per heavy atom. The number of hydrogen-bond acceptors (Lipinski definition) is 1. The van der Waals surface area contributed by atoms with E-state index >= 15 is 0 Å². The SMILES string of the molecule is NC(Cc1ccccc1Cl)c1ccc2cc(Br)ccc2c1. The number of rotatable bonds is 3. The number of benzene rings is 3. The number of hydrogen-bond donors (Lipinski definition) is 1. The lowest BCUT2D eigenvalue weighted by atomic mass is 9.97. The monoisotopic (exact) mass is 359 g/mol. The molecule has 1 atom stereocenters. The first kappa shape index (κ1) is 14.6. The molecular weight excluding hydrogens is 346 g/mol. The van der Waals surface area contributed by atoms with Crippen molar-refractivity contribution in [1.29, 1.82) is 0 Å². The molecule has 0 aliphatic heterocycles. The minimum absolute atomic E-state index is 0.0575. The van der Waals surface area contributed by atoms with E-state index in [1.807, 2.05) is 30.3 Å². The van der Waals surface area contributed by atoms with Crippen LogP contribution in [-0.2, 0) is 6.42 Å². The highest BCUT2D eigenvalue weighted by molar-refractivity contribution is 9.10. The van der Waals surface area contributed by atoms with E-state index in [0.717, 1.165) is 27.0 Å². The highest BCUT2D eigenvalue weighted by Gasteiger charge is 2.10. The van der Waals surface area contributed by atoms with Crippen LogP contribution in [0.25, 0.3) is 10.8 Å². The van der Waals surface area contributed by atoms with Gasteiger partial charge in [0.15, 0.2) is 0 Å². The topological polar surface area (TPSA) is 26.0 Å². The summed E-state index contributed by atoms with van der Waals surface area (Å²) >= 11 is 9.70. The molecule has 0 aliphatic rings. The fourth-order valence-corrected chi connectivity index (χ4v) is 3.08.